The Labute approximate surface area is 185 Å². The molecule has 0 saturated heterocycles. The molecular formula is C20H20Br2N2O5. The van der Waals surface area contributed by atoms with Crippen molar-refractivity contribution in [2.24, 2.45) is 5.10 Å². The Bertz CT molecular complexity index is 879. The minimum atomic E-state index is -0.460. The molecule has 2 aromatic carbocycles. The zero-order valence-electron chi connectivity index (χ0n) is 15.9. The standard InChI is InChI=1S/C20H20Br2N2O5/c1-3-27-19(26)12-28-17-7-5-4-6-14(17)10-23-24-18(25)11-29-20-15(21)8-13(2)9-16(20)22/h4-10H,3,11-12H2,1-2H3,(H,24,25)/b23-10+. The van der Waals surface area contributed by atoms with Crippen LogP contribution in [0.15, 0.2) is 50.4 Å². The molecule has 1 N–H and O–H groups in total. The minimum Gasteiger partial charge on any atom is -0.481 e. The molecule has 0 radical (unpaired) electrons. The van der Waals surface area contributed by atoms with Crippen LogP contribution in [0.5, 0.6) is 11.5 Å². The number of ether oxygens (including phenoxy) is 3. The number of hydrogen-bond donors (Lipinski definition) is 1. The molecule has 0 unspecified atom stereocenters. The Hall–Kier alpha value is -2.39. The highest BCUT2D eigenvalue weighted by atomic mass is 79.9. The molecule has 2 rings (SSSR count). The lowest BCUT2D eigenvalue weighted by molar-refractivity contribution is -0.145. The summed E-state index contributed by atoms with van der Waals surface area (Å²) in [6, 6.07) is 10.8. The molecule has 0 bridgehead atoms. The third-order valence-corrected chi connectivity index (χ3v) is 4.63. The average Bonchev–Trinajstić information content (AvgIpc) is 2.66. The Kier molecular flexibility index (Phi) is 9.14. The number of nitrogens with zero attached hydrogens (tertiary/aromatic N) is 1. The van der Waals surface area contributed by atoms with Gasteiger partial charge in [0.05, 0.1) is 21.8 Å². The van der Waals surface area contributed by atoms with Gasteiger partial charge >= 0.3 is 5.97 Å². The second-order valence-electron chi connectivity index (χ2n) is 5.77. The lowest BCUT2D eigenvalue weighted by Gasteiger charge is -2.10. The molecule has 0 aliphatic carbocycles. The molecule has 7 nitrogen and oxygen atoms in total. The maximum Gasteiger partial charge on any atom is 0.344 e. The van der Waals surface area contributed by atoms with Crippen LogP contribution in [0.4, 0.5) is 0 Å². The van der Waals surface area contributed by atoms with Gasteiger partial charge in [-0.15, -0.1) is 0 Å². The predicted octanol–water partition coefficient (Wildman–Crippen LogP) is 3.99. The first-order chi connectivity index (χ1) is 13.9. The fraction of sp³-hybridized carbons (Fsp3) is 0.250. The van der Waals surface area contributed by atoms with E-state index in [1.807, 2.05) is 19.1 Å². The van der Waals surface area contributed by atoms with Crippen LogP contribution in [0, 0.1) is 6.92 Å². The number of para-hydroxylation sites is 1. The lowest BCUT2D eigenvalue weighted by atomic mass is 10.2. The van der Waals surface area contributed by atoms with E-state index in [0.29, 0.717) is 17.1 Å². The molecule has 0 fully saturated rings. The highest BCUT2D eigenvalue weighted by Gasteiger charge is 2.10. The molecule has 0 saturated carbocycles. The lowest BCUT2D eigenvalue weighted by Crippen LogP contribution is -2.24. The number of carbonyl (C=O) groups excluding carboxylic acids is 2. The van der Waals surface area contributed by atoms with Crippen molar-refractivity contribution in [2.45, 2.75) is 13.8 Å². The van der Waals surface area contributed by atoms with E-state index >= 15 is 0 Å². The summed E-state index contributed by atoms with van der Waals surface area (Å²) in [5.41, 5.74) is 4.04. The maximum absolute atomic E-state index is 12.0. The number of carbonyl (C=O) groups is 2. The van der Waals surface area contributed by atoms with Gasteiger partial charge in [0, 0.05) is 5.56 Å². The molecule has 0 aliphatic heterocycles. The monoisotopic (exact) mass is 526 g/mol. The number of halogens is 2. The number of aryl methyl sites for hydroxylation is 1. The largest absolute Gasteiger partial charge is 0.481 e. The molecule has 0 spiro atoms. The first-order valence-corrected chi connectivity index (χ1v) is 10.3. The van der Waals surface area contributed by atoms with Crippen LogP contribution in [0.1, 0.15) is 18.1 Å². The number of hydrazone groups is 1. The Morgan fingerprint density at radius 1 is 1.10 bits per heavy atom. The number of benzene rings is 2. The molecule has 154 valence electrons. The van der Waals surface area contributed by atoms with Crippen molar-refractivity contribution in [3.63, 3.8) is 0 Å². The van der Waals surface area contributed by atoms with Gasteiger partial charge in [0.2, 0.25) is 0 Å². The Balaban J connectivity index is 1.90. The molecule has 2 aromatic rings. The van der Waals surface area contributed by atoms with E-state index in [4.69, 9.17) is 14.2 Å². The van der Waals surface area contributed by atoms with Crippen molar-refractivity contribution < 1.29 is 23.8 Å². The zero-order valence-corrected chi connectivity index (χ0v) is 19.1. The van der Waals surface area contributed by atoms with E-state index in [1.54, 1.807) is 31.2 Å². The molecule has 0 atom stereocenters. The van der Waals surface area contributed by atoms with Crippen LogP contribution in [-0.4, -0.2) is 37.9 Å². The summed E-state index contributed by atoms with van der Waals surface area (Å²) in [5.74, 6) is 0.0958. The molecule has 0 aromatic heterocycles. The summed E-state index contributed by atoms with van der Waals surface area (Å²) in [4.78, 5) is 23.4. The quantitative estimate of drug-likeness (QED) is 0.303. The van der Waals surface area contributed by atoms with Gasteiger partial charge in [-0.2, -0.15) is 5.10 Å². The highest BCUT2D eigenvalue weighted by molar-refractivity contribution is 9.11. The van der Waals surface area contributed by atoms with Gasteiger partial charge in [0.1, 0.15) is 11.5 Å². The third kappa shape index (κ3) is 7.51. The van der Waals surface area contributed by atoms with Crippen molar-refractivity contribution in [3.05, 3.63) is 56.5 Å². The molecular weight excluding hydrogens is 508 g/mol. The second-order valence-corrected chi connectivity index (χ2v) is 7.48. The first-order valence-electron chi connectivity index (χ1n) is 8.68. The van der Waals surface area contributed by atoms with Gasteiger partial charge in [-0.1, -0.05) is 12.1 Å². The molecule has 1 amide bonds. The van der Waals surface area contributed by atoms with E-state index in [2.05, 4.69) is 42.4 Å². The van der Waals surface area contributed by atoms with Gasteiger partial charge in [-0.05, 0) is 75.5 Å². The third-order valence-electron chi connectivity index (χ3n) is 3.45. The summed E-state index contributed by atoms with van der Waals surface area (Å²) >= 11 is 6.82. The number of amides is 1. The van der Waals surface area contributed by atoms with Crippen molar-refractivity contribution in [3.8, 4) is 11.5 Å². The van der Waals surface area contributed by atoms with Crippen LogP contribution < -0.4 is 14.9 Å². The van der Waals surface area contributed by atoms with Crippen molar-refractivity contribution >= 4 is 50.0 Å². The molecule has 0 heterocycles. The van der Waals surface area contributed by atoms with Crippen LogP contribution >= 0.6 is 31.9 Å². The van der Waals surface area contributed by atoms with Gasteiger partial charge in [0.25, 0.3) is 5.91 Å². The fourth-order valence-electron chi connectivity index (χ4n) is 2.23. The van der Waals surface area contributed by atoms with E-state index in [1.165, 1.54) is 6.21 Å². The smallest absolute Gasteiger partial charge is 0.344 e. The topological polar surface area (TPSA) is 86.2 Å². The number of nitrogens with one attached hydrogen (secondary N) is 1. The first kappa shape index (κ1) is 22.9. The number of rotatable bonds is 9. The fourth-order valence-corrected chi connectivity index (χ4v) is 3.87. The van der Waals surface area contributed by atoms with Crippen LogP contribution in [0.25, 0.3) is 0 Å². The van der Waals surface area contributed by atoms with Gasteiger partial charge in [-0.3, -0.25) is 4.79 Å². The second kappa shape index (κ2) is 11.6. The molecule has 0 aliphatic rings. The highest BCUT2D eigenvalue weighted by Crippen LogP contribution is 2.34. The number of hydrogen-bond acceptors (Lipinski definition) is 6. The summed E-state index contributed by atoms with van der Waals surface area (Å²) in [6.07, 6.45) is 1.43. The summed E-state index contributed by atoms with van der Waals surface area (Å²) in [7, 11) is 0. The van der Waals surface area contributed by atoms with Crippen LogP contribution in [-0.2, 0) is 14.3 Å². The summed E-state index contributed by atoms with van der Waals surface area (Å²) in [6.45, 7) is 3.54. The Morgan fingerprint density at radius 2 is 1.79 bits per heavy atom. The zero-order chi connectivity index (χ0) is 21.2. The summed E-state index contributed by atoms with van der Waals surface area (Å²) < 4.78 is 17.3. The van der Waals surface area contributed by atoms with E-state index < -0.39 is 11.9 Å². The minimum absolute atomic E-state index is 0.209. The molecule has 29 heavy (non-hydrogen) atoms. The average molecular weight is 528 g/mol. The van der Waals surface area contributed by atoms with E-state index in [9.17, 15) is 9.59 Å². The molecule has 9 heteroatoms. The van der Waals surface area contributed by atoms with Gasteiger partial charge < -0.3 is 14.2 Å². The van der Waals surface area contributed by atoms with Crippen LogP contribution in [0.3, 0.4) is 0 Å². The Morgan fingerprint density at radius 3 is 2.48 bits per heavy atom. The summed E-state index contributed by atoms with van der Waals surface area (Å²) in [5, 5.41) is 3.91. The van der Waals surface area contributed by atoms with E-state index in [-0.39, 0.29) is 19.8 Å². The van der Waals surface area contributed by atoms with Crippen molar-refractivity contribution in [2.75, 3.05) is 19.8 Å². The normalized spacial score (nSPS) is 10.6. The number of esters is 1. The van der Waals surface area contributed by atoms with Crippen LogP contribution in [0.2, 0.25) is 0 Å². The van der Waals surface area contributed by atoms with Gasteiger partial charge in [0.15, 0.2) is 13.2 Å². The van der Waals surface area contributed by atoms with Crippen molar-refractivity contribution in [1.82, 2.24) is 5.43 Å². The SMILES string of the molecule is CCOC(=O)COc1ccccc1/C=N/NC(=O)COc1c(Br)cc(C)cc1Br. The van der Waals surface area contributed by atoms with Gasteiger partial charge in [-0.25, -0.2) is 10.2 Å². The van der Waals surface area contributed by atoms with E-state index in [0.717, 1.165) is 14.5 Å². The maximum atomic E-state index is 12.0. The van der Waals surface area contributed by atoms with Crippen molar-refractivity contribution in [1.29, 1.82) is 0 Å². The predicted molar refractivity (Wildman–Crippen MR) is 116 cm³/mol.